The highest BCUT2D eigenvalue weighted by molar-refractivity contribution is 7.99. The predicted molar refractivity (Wildman–Crippen MR) is 104 cm³/mol. The zero-order valence-corrected chi connectivity index (χ0v) is 15.9. The Hall–Kier alpha value is -2.61. The average Bonchev–Trinajstić information content (AvgIpc) is 3.22. The molecule has 0 radical (unpaired) electrons. The van der Waals surface area contributed by atoms with Crippen LogP contribution in [0.25, 0.3) is 0 Å². The fourth-order valence-corrected chi connectivity index (χ4v) is 3.41. The van der Waals surface area contributed by atoms with Crippen molar-refractivity contribution in [3.8, 4) is 0 Å². The third-order valence-electron chi connectivity index (χ3n) is 4.29. The second kappa shape index (κ2) is 9.54. The number of nitrogens with zero attached hydrogens (tertiary/aromatic N) is 1. The van der Waals surface area contributed by atoms with E-state index in [-0.39, 0.29) is 12.5 Å². The van der Waals surface area contributed by atoms with Crippen molar-refractivity contribution in [2.75, 3.05) is 25.0 Å². The number of para-hydroxylation sites is 1. The summed E-state index contributed by atoms with van der Waals surface area (Å²) in [6, 6.07) is 13.2. The second-order valence-electron chi connectivity index (χ2n) is 6.24. The third-order valence-corrected chi connectivity index (χ3v) is 5.01. The summed E-state index contributed by atoms with van der Waals surface area (Å²) in [7, 11) is 0. The van der Waals surface area contributed by atoms with Crippen LogP contribution >= 0.6 is 11.8 Å². The van der Waals surface area contributed by atoms with Gasteiger partial charge < -0.3 is 15.0 Å². The summed E-state index contributed by atoms with van der Waals surface area (Å²) in [4.78, 5) is 26.6. The summed E-state index contributed by atoms with van der Waals surface area (Å²) in [5.74, 6) is -3.26. The van der Waals surface area contributed by atoms with Crippen molar-refractivity contribution in [3.05, 3.63) is 54.1 Å². The average molecular weight is 406 g/mol. The normalized spacial score (nSPS) is 13.6. The van der Waals surface area contributed by atoms with Crippen LogP contribution in [0.5, 0.6) is 0 Å². The molecule has 1 N–H and O–H groups in total. The molecule has 5 nitrogen and oxygen atoms in total. The molecule has 0 atom stereocenters. The fourth-order valence-electron chi connectivity index (χ4n) is 2.91. The van der Waals surface area contributed by atoms with Crippen LogP contribution in [0.3, 0.4) is 0 Å². The minimum absolute atomic E-state index is 0.191. The lowest BCUT2D eigenvalue weighted by molar-refractivity contribution is -0.133. The lowest BCUT2D eigenvalue weighted by Crippen LogP contribution is -2.32. The first kappa shape index (κ1) is 20.1. The number of benzene rings is 2. The molecule has 1 aliphatic heterocycles. The van der Waals surface area contributed by atoms with Gasteiger partial charge in [0.2, 0.25) is 0 Å². The zero-order valence-electron chi connectivity index (χ0n) is 15.1. The number of hydrogen-bond donors (Lipinski definition) is 1. The van der Waals surface area contributed by atoms with E-state index in [4.69, 9.17) is 4.74 Å². The maximum Gasteiger partial charge on any atom is 0.340 e. The maximum absolute atomic E-state index is 12.4. The molecule has 1 saturated heterocycles. The molecule has 1 fully saturated rings. The standard InChI is InChI=1S/C20H20F2N2O3S/c21-20(22)28-15-9-7-14(8-10-15)23-17-6-2-1-5-16(17)19(26)27-13-18(25)24-11-3-4-12-24/h1-2,5-10,20,23H,3-4,11-13H2. The SMILES string of the molecule is O=C(OCC(=O)N1CCCC1)c1ccccc1Nc1ccc(SC(F)F)cc1. The number of nitrogens with one attached hydrogen (secondary N) is 1. The van der Waals surface area contributed by atoms with Crippen LogP contribution in [0.15, 0.2) is 53.4 Å². The van der Waals surface area contributed by atoms with Gasteiger partial charge in [0.25, 0.3) is 11.7 Å². The van der Waals surface area contributed by atoms with Crippen LogP contribution < -0.4 is 5.32 Å². The van der Waals surface area contributed by atoms with Gasteiger partial charge in [0.05, 0.1) is 11.3 Å². The van der Waals surface area contributed by atoms with E-state index in [0.29, 0.717) is 46.7 Å². The number of carbonyl (C=O) groups excluding carboxylic acids is 2. The summed E-state index contributed by atoms with van der Waals surface area (Å²) < 4.78 is 30.0. The molecule has 0 aliphatic carbocycles. The molecule has 1 amide bonds. The fraction of sp³-hybridized carbons (Fsp3) is 0.300. The van der Waals surface area contributed by atoms with E-state index < -0.39 is 11.7 Å². The molecule has 3 rings (SSSR count). The van der Waals surface area contributed by atoms with Gasteiger partial charge >= 0.3 is 5.97 Å². The highest BCUT2D eigenvalue weighted by Gasteiger charge is 2.20. The Labute approximate surface area is 166 Å². The Bertz CT molecular complexity index is 824. The summed E-state index contributed by atoms with van der Waals surface area (Å²) in [5.41, 5.74) is 1.45. The summed E-state index contributed by atoms with van der Waals surface area (Å²) in [6.45, 7) is 1.12. The highest BCUT2D eigenvalue weighted by Crippen LogP contribution is 2.28. The van der Waals surface area contributed by atoms with Gasteiger partial charge in [-0.3, -0.25) is 4.79 Å². The molecule has 0 spiro atoms. The van der Waals surface area contributed by atoms with Crippen molar-refractivity contribution >= 4 is 35.0 Å². The molecule has 1 heterocycles. The van der Waals surface area contributed by atoms with E-state index in [0.717, 1.165) is 12.8 Å². The number of halogens is 2. The number of carbonyl (C=O) groups is 2. The Balaban J connectivity index is 1.63. The third kappa shape index (κ3) is 5.45. The molecular formula is C20H20F2N2O3S. The Morgan fingerprint density at radius 3 is 2.43 bits per heavy atom. The molecule has 0 saturated carbocycles. The lowest BCUT2D eigenvalue weighted by Gasteiger charge is -2.16. The minimum atomic E-state index is -2.47. The zero-order chi connectivity index (χ0) is 19.9. The predicted octanol–water partition coefficient (Wildman–Crippen LogP) is 4.52. The van der Waals surface area contributed by atoms with Gasteiger partial charge in [-0.25, -0.2) is 4.79 Å². The first-order valence-corrected chi connectivity index (χ1v) is 9.77. The summed E-state index contributed by atoms with van der Waals surface area (Å²) in [6.07, 6.45) is 1.95. The Morgan fingerprint density at radius 1 is 1.07 bits per heavy atom. The molecule has 1 aliphatic rings. The minimum Gasteiger partial charge on any atom is -0.452 e. The van der Waals surface area contributed by atoms with E-state index in [9.17, 15) is 18.4 Å². The molecule has 2 aromatic rings. The Kier molecular flexibility index (Phi) is 6.86. The molecule has 0 bridgehead atoms. The van der Waals surface area contributed by atoms with E-state index >= 15 is 0 Å². The molecule has 0 unspecified atom stereocenters. The van der Waals surface area contributed by atoms with Gasteiger partial charge in [-0.1, -0.05) is 23.9 Å². The molecule has 28 heavy (non-hydrogen) atoms. The number of esters is 1. The van der Waals surface area contributed by atoms with Crippen molar-refractivity contribution < 1.29 is 23.1 Å². The molecule has 2 aromatic carbocycles. The molecular weight excluding hydrogens is 386 g/mol. The van der Waals surface area contributed by atoms with E-state index in [1.165, 1.54) is 0 Å². The number of alkyl halides is 2. The van der Waals surface area contributed by atoms with Crippen LogP contribution in [0.2, 0.25) is 0 Å². The van der Waals surface area contributed by atoms with Gasteiger partial charge in [-0.05, 0) is 49.2 Å². The van der Waals surface area contributed by atoms with Crippen molar-refractivity contribution in [1.29, 1.82) is 0 Å². The van der Waals surface area contributed by atoms with E-state index in [2.05, 4.69) is 5.32 Å². The highest BCUT2D eigenvalue weighted by atomic mass is 32.2. The second-order valence-corrected chi connectivity index (χ2v) is 7.30. The summed E-state index contributed by atoms with van der Waals surface area (Å²) in [5, 5.41) is 3.08. The number of rotatable bonds is 7. The number of anilines is 2. The van der Waals surface area contributed by atoms with Crippen LogP contribution in [0.1, 0.15) is 23.2 Å². The number of ether oxygens (including phenoxy) is 1. The van der Waals surface area contributed by atoms with Crippen LogP contribution in [-0.4, -0.2) is 42.2 Å². The van der Waals surface area contributed by atoms with Gasteiger partial charge in [0.15, 0.2) is 6.61 Å². The number of hydrogen-bond acceptors (Lipinski definition) is 5. The van der Waals surface area contributed by atoms with Crippen molar-refractivity contribution in [2.45, 2.75) is 23.5 Å². The van der Waals surface area contributed by atoms with Crippen LogP contribution in [0, 0.1) is 0 Å². The maximum atomic E-state index is 12.4. The Morgan fingerprint density at radius 2 is 1.75 bits per heavy atom. The first-order chi connectivity index (χ1) is 13.5. The van der Waals surface area contributed by atoms with Crippen molar-refractivity contribution in [2.24, 2.45) is 0 Å². The molecule has 0 aromatic heterocycles. The largest absolute Gasteiger partial charge is 0.452 e. The monoisotopic (exact) mass is 406 g/mol. The van der Waals surface area contributed by atoms with Crippen molar-refractivity contribution in [1.82, 2.24) is 4.90 Å². The number of amides is 1. The van der Waals surface area contributed by atoms with Gasteiger partial charge in [0.1, 0.15) is 0 Å². The smallest absolute Gasteiger partial charge is 0.340 e. The van der Waals surface area contributed by atoms with Crippen molar-refractivity contribution in [3.63, 3.8) is 0 Å². The molecule has 8 heteroatoms. The molecule has 148 valence electrons. The van der Waals surface area contributed by atoms with Gasteiger partial charge in [-0.2, -0.15) is 8.78 Å². The van der Waals surface area contributed by atoms with Crippen LogP contribution in [-0.2, 0) is 9.53 Å². The van der Waals surface area contributed by atoms with E-state index in [1.807, 2.05) is 0 Å². The van der Waals surface area contributed by atoms with Crippen LogP contribution in [0.4, 0.5) is 20.2 Å². The topological polar surface area (TPSA) is 58.6 Å². The number of thioether (sulfide) groups is 1. The lowest BCUT2D eigenvalue weighted by atomic mass is 10.1. The summed E-state index contributed by atoms with van der Waals surface area (Å²) >= 11 is 0.470. The van der Waals surface area contributed by atoms with Gasteiger partial charge in [0, 0.05) is 23.7 Å². The quantitative estimate of drug-likeness (QED) is 0.541. The number of likely N-dealkylation sites (tertiary alicyclic amines) is 1. The first-order valence-electron chi connectivity index (χ1n) is 8.89. The van der Waals surface area contributed by atoms with Gasteiger partial charge in [-0.15, -0.1) is 0 Å². The van der Waals surface area contributed by atoms with E-state index in [1.54, 1.807) is 53.4 Å².